The molecule has 2 atom stereocenters. The van der Waals surface area contributed by atoms with E-state index in [9.17, 15) is 0 Å². The van der Waals surface area contributed by atoms with Crippen molar-refractivity contribution in [3.05, 3.63) is 121 Å². The van der Waals surface area contributed by atoms with Crippen LogP contribution < -0.4 is 4.67 Å². The zero-order chi connectivity index (χ0) is 29.0. The molecule has 1 heterocycles. The van der Waals surface area contributed by atoms with Gasteiger partial charge in [-0.05, 0) is 76.8 Å². The van der Waals surface area contributed by atoms with Crippen LogP contribution in [-0.2, 0) is 0 Å². The number of hydrogen-bond acceptors (Lipinski definition) is 3. The fourth-order valence-electron chi connectivity index (χ4n) is 5.69. The lowest BCUT2D eigenvalue weighted by molar-refractivity contribution is 0.565. The fourth-order valence-corrected chi connectivity index (χ4v) is 7.26. The van der Waals surface area contributed by atoms with Crippen molar-refractivity contribution >= 4 is 62.4 Å². The molecule has 0 saturated heterocycles. The highest BCUT2D eigenvalue weighted by Gasteiger charge is 2.26. The maximum absolute atomic E-state index is 8.43. The normalized spacial score (nSPS) is 15.0. The minimum Gasteiger partial charge on any atom is -0.408 e. The van der Waals surface area contributed by atoms with Crippen LogP contribution >= 0.6 is 8.16 Å². The van der Waals surface area contributed by atoms with E-state index in [1.807, 2.05) is 60.1 Å². The second-order valence-corrected chi connectivity index (χ2v) is 11.4. The Kier molecular flexibility index (Phi) is 5.14. The summed E-state index contributed by atoms with van der Waals surface area (Å²) in [6.45, 7) is 1.52. The van der Waals surface area contributed by atoms with Crippen molar-refractivity contribution in [1.82, 2.24) is 0 Å². The number of hydrogen-bond donors (Lipinski definition) is 0. The second kappa shape index (κ2) is 9.61. The van der Waals surface area contributed by atoms with Crippen LogP contribution in [0.5, 0.6) is 0 Å². The lowest BCUT2D eigenvalue weighted by Gasteiger charge is -2.29. The number of nitrogens with zero attached hydrogens (tertiary/aromatic N) is 1. The number of rotatable bonds is 4. The van der Waals surface area contributed by atoms with Gasteiger partial charge in [0.25, 0.3) is 0 Å². The first-order valence-corrected chi connectivity index (χ1v) is 14.4. The van der Waals surface area contributed by atoms with Gasteiger partial charge in [-0.25, -0.2) is 0 Å². The number of benzene rings is 6. The van der Waals surface area contributed by atoms with Gasteiger partial charge in [0.2, 0.25) is 0 Å². The van der Waals surface area contributed by atoms with Crippen molar-refractivity contribution in [2.24, 2.45) is 0 Å². The largest absolute Gasteiger partial charge is 0.408 e. The average molecular weight is 531 g/mol. The lowest BCUT2D eigenvalue weighted by Crippen LogP contribution is -2.30. The summed E-state index contributed by atoms with van der Waals surface area (Å²) in [4.78, 5) is 0. The molecule has 0 bridgehead atoms. The maximum atomic E-state index is 8.43. The highest BCUT2D eigenvalue weighted by Crippen LogP contribution is 2.45. The first-order chi connectivity index (χ1) is 20.3. The van der Waals surface area contributed by atoms with Gasteiger partial charge in [-0.2, -0.15) is 4.67 Å². The third-order valence-corrected chi connectivity index (χ3v) is 9.40. The van der Waals surface area contributed by atoms with Gasteiger partial charge >= 0.3 is 8.16 Å². The summed E-state index contributed by atoms with van der Waals surface area (Å²) in [5.41, 5.74) is 2.37. The predicted molar refractivity (Wildman–Crippen MR) is 167 cm³/mol. The molecule has 7 rings (SSSR count). The molecule has 0 fully saturated rings. The van der Waals surface area contributed by atoms with E-state index < -0.39 is 21.1 Å². The molecular weight excluding hydrogens is 497 g/mol. The first-order valence-electron chi connectivity index (χ1n) is 14.8. The minimum atomic E-state index is -2.26. The van der Waals surface area contributed by atoms with Crippen LogP contribution in [0.15, 0.2) is 124 Å². The zero-order valence-electron chi connectivity index (χ0n) is 24.8. The Labute approximate surface area is 233 Å². The van der Waals surface area contributed by atoms with Gasteiger partial charge in [0.1, 0.15) is 11.2 Å². The standard InChI is InChI=1S/C35H30NO2P/c1-23(2)36(24(3)28-17-16-25-10-4-5-13-29(25)22-28)39-37-32-20-18-26-11-6-8-14-30(26)34(32)35-31-15-9-7-12-27(31)19-21-33(35)38-39/h4-24H,1-3H3/t24-/m0/s1/i1D3/t23?,24-. The highest BCUT2D eigenvalue weighted by molar-refractivity contribution is 7.39. The van der Waals surface area contributed by atoms with E-state index in [1.54, 1.807) is 6.92 Å². The smallest absolute Gasteiger partial charge is 0.310 e. The van der Waals surface area contributed by atoms with Gasteiger partial charge in [-0.15, -0.1) is 0 Å². The number of fused-ring (bicyclic) bond motifs is 8. The van der Waals surface area contributed by atoms with Crippen LogP contribution in [-0.4, -0.2) is 6.04 Å². The third kappa shape index (κ3) is 4.10. The van der Waals surface area contributed by atoms with E-state index in [0.29, 0.717) is 11.2 Å². The Morgan fingerprint density at radius 3 is 1.72 bits per heavy atom. The van der Waals surface area contributed by atoms with Crippen molar-refractivity contribution < 1.29 is 12.5 Å². The first kappa shape index (κ1) is 20.9. The summed E-state index contributed by atoms with van der Waals surface area (Å²) in [5, 5.41) is 8.49. The van der Waals surface area contributed by atoms with Gasteiger partial charge in [0, 0.05) is 27.0 Å². The average Bonchev–Trinajstić information content (AvgIpc) is 3.17. The summed E-state index contributed by atoms with van der Waals surface area (Å²) < 4.78 is 40.8. The van der Waals surface area contributed by atoms with Gasteiger partial charge < -0.3 is 8.39 Å². The Morgan fingerprint density at radius 2 is 1.13 bits per heavy atom. The van der Waals surface area contributed by atoms with Gasteiger partial charge in [0.05, 0.1) is 0 Å². The molecule has 0 N–H and O–H groups in total. The molecule has 6 aromatic carbocycles. The van der Waals surface area contributed by atoms with E-state index in [-0.39, 0.29) is 6.04 Å². The van der Waals surface area contributed by atoms with E-state index in [0.717, 1.165) is 48.7 Å². The van der Waals surface area contributed by atoms with Crippen LogP contribution in [0, 0.1) is 0 Å². The van der Waals surface area contributed by atoms with E-state index in [2.05, 4.69) is 66.7 Å². The van der Waals surface area contributed by atoms with Crippen molar-refractivity contribution in [2.45, 2.75) is 32.8 Å². The molecule has 0 saturated carbocycles. The van der Waals surface area contributed by atoms with E-state index in [4.69, 9.17) is 12.5 Å². The Morgan fingerprint density at radius 1 is 0.615 bits per heavy atom. The quantitative estimate of drug-likeness (QED) is 0.227. The molecule has 0 aliphatic carbocycles. The molecule has 0 spiro atoms. The summed E-state index contributed by atoms with van der Waals surface area (Å²) in [7, 11) is -1.88. The molecule has 192 valence electrons. The molecule has 0 radical (unpaired) electrons. The summed E-state index contributed by atoms with van der Waals surface area (Å²) in [6.07, 6.45) is 0. The molecule has 4 heteroatoms. The fraction of sp³-hybridized carbons (Fsp3) is 0.143. The Bertz CT molecular complexity index is 2060. The molecule has 1 aromatic heterocycles. The molecule has 1 unspecified atom stereocenters. The molecule has 0 aliphatic heterocycles. The second-order valence-electron chi connectivity index (χ2n) is 10.1. The maximum Gasteiger partial charge on any atom is 0.310 e. The van der Waals surface area contributed by atoms with Gasteiger partial charge in [-0.3, -0.25) is 0 Å². The summed E-state index contributed by atoms with van der Waals surface area (Å²) >= 11 is 0. The molecule has 0 amide bonds. The van der Waals surface area contributed by atoms with Crippen LogP contribution in [0.25, 0.3) is 54.3 Å². The van der Waals surface area contributed by atoms with Crippen LogP contribution in [0.4, 0.5) is 0 Å². The van der Waals surface area contributed by atoms with Crippen LogP contribution in [0.3, 0.4) is 0 Å². The van der Waals surface area contributed by atoms with Crippen LogP contribution in [0.1, 0.15) is 36.4 Å². The molecule has 39 heavy (non-hydrogen) atoms. The predicted octanol–water partition coefficient (Wildman–Crippen LogP) is 10.9. The van der Waals surface area contributed by atoms with Crippen molar-refractivity contribution in [2.75, 3.05) is 4.67 Å². The van der Waals surface area contributed by atoms with Crippen LogP contribution in [0.2, 0.25) is 0 Å². The summed E-state index contributed by atoms with van der Waals surface area (Å²) in [5.74, 6) is 0. The van der Waals surface area contributed by atoms with Crippen molar-refractivity contribution in [3.63, 3.8) is 0 Å². The SMILES string of the molecule is [2H]C([2H])([2H])C(C)N([C@@H](C)c1ccc2ccccc2c1)p1oc2ccc3ccccc3c2c2c(ccc3ccccc32)o1. The third-order valence-electron chi connectivity index (χ3n) is 7.62. The van der Waals surface area contributed by atoms with Gasteiger partial charge in [0.15, 0.2) is 0 Å². The summed E-state index contributed by atoms with van der Waals surface area (Å²) in [6, 6.07) is 38.0. The van der Waals surface area contributed by atoms with Gasteiger partial charge in [-0.1, -0.05) is 97.1 Å². The Balaban J connectivity index is 1.57. The monoisotopic (exact) mass is 530 g/mol. The molecule has 0 aliphatic rings. The molecule has 3 nitrogen and oxygen atoms in total. The minimum absolute atomic E-state index is 0.304. The van der Waals surface area contributed by atoms with E-state index >= 15 is 0 Å². The van der Waals surface area contributed by atoms with Crippen molar-refractivity contribution in [1.29, 1.82) is 0 Å². The Hall–Kier alpha value is -4.04. The zero-order valence-corrected chi connectivity index (χ0v) is 22.7. The topological polar surface area (TPSA) is 29.5 Å². The molecule has 7 aromatic rings. The molecular formula is C35H30NO2P. The highest BCUT2D eigenvalue weighted by atomic mass is 31.1. The van der Waals surface area contributed by atoms with E-state index in [1.165, 1.54) is 0 Å². The lowest BCUT2D eigenvalue weighted by atomic mass is 9.99. The van der Waals surface area contributed by atoms with Crippen molar-refractivity contribution in [3.8, 4) is 0 Å².